The van der Waals surface area contributed by atoms with Crippen molar-refractivity contribution in [2.24, 2.45) is 0 Å². The molecule has 6 nitrogen and oxygen atoms in total. The zero-order chi connectivity index (χ0) is 19.2. The Kier molecular flexibility index (Phi) is 6.45. The Bertz CT molecular complexity index is 813. The van der Waals surface area contributed by atoms with E-state index in [0.29, 0.717) is 18.8 Å². The van der Waals surface area contributed by atoms with Crippen molar-refractivity contribution < 1.29 is 14.3 Å². The Hall–Kier alpha value is -2.41. The van der Waals surface area contributed by atoms with Gasteiger partial charge in [0.25, 0.3) is 0 Å². The number of hydrogen-bond acceptors (Lipinski definition) is 4. The van der Waals surface area contributed by atoms with Gasteiger partial charge in [0.15, 0.2) is 0 Å². The summed E-state index contributed by atoms with van der Waals surface area (Å²) in [6, 6.07) is 10.9. The predicted molar refractivity (Wildman–Crippen MR) is 106 cm³/mol. The molecule has 2 amide bonds. The van der Waals surface area contributed by atoms with E-state index in [1.54, 1.807) is 6.20 Å². The van der Waals surface area contributed by atoms with Crippen LogP contribution < -0.4 is 5.32 Å². The van der Waals surface area contributed by atoms with Crippen molar-refractivity contribution in [3.05, 3.63) is 58.2 Å². The highest BCUT2D eigenvalue weighted by molar-refractivity contribution is 9.10. The minimum atomic E-state index is -0.548. The van der Waals surface area contributed by atoms with Gasteiger partial charge in [-0.1, -0.05) is 37.3 Å². The van der Waals surface area contributed by atoms with Crippen LogP contribution in [0.5, 0.6) is 0 Å². The number of carbonyl (C=O) groups is 2. The Morgan fingerprint density at radius 2 is 2.07 bits per heavy atom. The number of rotatable bonds is 5. The average molecular weight is 432 g/mol. The van der Waals surface area contributed by atoms with E-state index in [1.165, 1.54) is 4.90 Å². The van der Waals surface area contributed by atoms with Crippen LogP contribution in [0.25, 0.3) is 0 Å². The van der Waals surface area contributed by atoms with Crippen LogP contribution in [0.2, 0.25) is 0 Å². The van der Waals surface area contributed by atoms with Gasteiger partial charge in [-0.2, -0.15) is 0 Å². The Labute approximate surface area is 167 Å². The van der Waals surface area contributed by atoms with Crippen LogP contribution in [0, 0.1) is 0 Å². The minimum absolute atomic E-state index is 0.191. The highest BCUT2D eigenvalue weighted by Gasteiger charge is 2.35. The number of anilines is 1. The van der Waals surface area contributed by atoms with Crippen LogP contribution >= 0.6 is 15.9 Å². The minimum Gasteiger partial charge on any atom is -0.445 e. The predicted octanol–water partition coefficient (Wildman–Crippen LogP) is 4.15. The maximum atomic E-state index is 12.7. The van der Waals surface area contributed by atoms with E-state index >= 15 is 0 Å². The average Bonchev–Trinajstić information content (AvgIpc) is 3.18. The molecule has 0 saturated carbocycles. The van der Waals surface area contributed by atoms with Gasteiger partial charge in [0.2, 0.25) is 5.91 Å². The number of aromatic nitrogens is 1. The molecule has 1 saturated heterocycles. The first-order valence-electron chi connectivity index (χ1n) is 9.01. The summed E-state index contributed by atoms with van der Waals surface area (Å²) in [6.07, 6.45) is 3.51. The number of aryl methyl sites for hydroxylation is 1. The number of hydrogen-bond donors (Lipinski definition) is 1. The van der Waals surface area contributed by atoms with Crippen molar-refractivity contribution in [3.63, 3.8) is 0 Å². The van der Waals surface area contributed by atoms with E-state index in [-0.39, 0.29) is 12.5 Å². The van der Waals surface area contributed by atoms with Crippen LogP contribution in [0.3, 0.4) is 0 Å². The summed E-state index contributed by atoms with van der Waals surface area (Å²) in [7, 11) is 0. The van der Waals surface area contributed by atoms with Crippen molar-refractivity contribution in [1.82, 2.24) is 9.88 Å². The van der Waals surface area contributed by atoms with E-state index in [2.05, 4.69) is 26.2 Å². The first kappa shape index (κ1) is 19.4. The summed E-state index contributed by atoms with van der Waals surface area (Å²) in [6.45, 7) is 2.74. The molecule has 1 aliphatic heterocycles. The van der Waals surface area contributed by atoms with Crippen molar-refractivity contribution in [3.8, 4) is 0 Å². The summed E-state index contributed by atoms with van der Waals surface area (Å²) in [4.78, 5) is 30.9. The van der Waals surface area contributed by atoms with Crippen molar-refractivity contribution in [2.75, 3.05) is 11.9 Å². The summed E-state index contributed by atoms with van der Waals surface area (Å²) >= 11 is 3.44. The topological polar surface area (TPSA) is 71.5 Å². The zero-order valence-electron chi connectivity index (χ0n) is 15.2. The fourth-order valence-electron chi connectivity index (χ4n) is 3.02. The first-order chi connectivity index (χ1) is 13.1. The molecule has 0 bridgehead atoms. The molecule has 0 unspecified atom stereocenters. The highest BCUT2D eigenvalue weighted by atomic mass is 79.9. The lowest BCUT2D eigenvalue weighted by Crippen LogP contribution is -2.43. The molecule has 1 fully saturated rings. The molecule has 1 aliphatic rings. The fourth-order valence-corrected chi connectivity index (χ4v) is 3.52. The molecule has 0 radical (unpaired) electrons. The molecule has 2 heterocycles. The maximum absolute atomic E-state index is 12.7. The second kappa shape index (κ2) is 8.99. The van der Waals surface area contributed by atoms with Crippen LogP contribution in [0.4, 0.5) is 10.6 Å². The first-order valence-corrected chi connectivity index (χ1v) is 9.80. The van der Waals surface area contributed by atoms with E-state index in [9.17, 15) is 9.59 Å². The molecule has 142 valence electrons. The third-order valence-corrected chi connectivity index (χ3v) is 5.15. The number of amides is 2. The van der Waals surface area contributed by atoms with Crippen LogP contribution in [-0.4, -0.2) is 34.5 Å². The van der Waals surface area contributed by atoms with Gasteiger partial charge in [0, 0.05) is 12.7 Å². The standard InChI is InChI=1S/C20H22BrN3O3/c1-2-14-11-16(21)18(22-12-14)23-19(25)17-9-6-10-24(17)20(26)27-13-15-7-4-3-5-8-15/h3-5,7-8,11-12,17H,2,6,9-10,13H2,1H3,(H,22,23,25)/t17-/m1/s1. The molecular formula is C20H22BrN3O3. The van der Waals surface area contributed by atoms with Gasteiger partial charge in [0.05, 0.1) is 4.47 Å². The lowest BCUT2D eigenvalue weighted by atomic mass is 10.2. The molecule has 1 N–H and O–H groups in total. The Morgan fingerprint density at radius 1 is 1.30 bits per heavy atom. The fraction of sp³-hybridized carbons (Fsp3) is 0.350. The number of pyridine rings is 1. The SMILES string of the molecule is CCc1cnc(NC(=O)[C@H]2CCCN2C(=O)OCc2ccccc2)c(Br)c1. The lowest BCUT2D eigenvalue weighted by molar-refractivity contribution is -0.120. The third kappa shape index (κ3) is 4.86. The molecule has 2 aromatic rings. The molecule has 27 heavy (non-hydrogen) atoms. The van der Waals surface area contributed by atoms with Crippen molar-refractivity contribution in [1.29, 1.82) is 0 Å². The largest absolute Gasteiger partial charge is 0.445 e. The van der Waals surface area contributed by atoms with E-state index < -0.39 is 12.1 Å². The summed E-state index contributed by atoms with van der Waals surface area (Å²) in [5, 5.41) is 2.82. The number of ether oxygens (including phenoxy) is 1. The molecule has 0 spiro atoms. The highest BCUT2D eigenvalue weighted by Crippen LogP contribution is 2.24. The summed E-state index contributed by atoms with van der Waals surface area (Å²) in [5.41, 5.74) is 1.99. The molecule has 1 atom stereocenters. The van der Waals surface area contributed by atoms with Gasteiger partial charge in [-0.25, -0.2) is 9.78 Å². The van der Waals surface area contributed by atoms with E-state index in [4.69, 9.17) is 4.74 Å². The smallest absolute Gasteiger partial charge is 0.410 e. The van der Waals surface area contributed by atoms with Gasteiger partial charge < -0.3 is 10.1 Å². The van der Waals surface area contributed by atoms with Crippen molar-refractivity contribution >= 4 is 33.7 Å². The number of nitrogens with one attached hydrogen (secondary N) is 1. The normalized spacial score (nSPS) is 16.2. The van der Waals surface area contributed by atoms with Crippen LogP contribution in [-0.2, 0) is 22.6 Å². The van der Waals surface area contributed by atoms with Gasteiger partial charge in [-0.05, 0) is 52.4 Å². The Morgan fingerprint density at radius 3 is 2.78 bits per heavy atom. The summed E-state index contributed by atoms with van der Waals surface area (Å²) in [5.74, 6) is 0.211. The maximum Gasteiger partial charge on any atom is 0.410 e. The molecule has 0 aliphatic carbocycles. The number of nitrogens with zero attached hydrogens (tertiary/aromatic N) is 2. The monoisotopic (exact) mass is 431 g/mol. The number of benzene rings is 1. The second-order valence-corrected chi connectivity index (χ2v) is 7.26. The number of likely N-dealkylation sites (tertiary alicyclic amines) is 1. The van der Waals surface area contributed by atoms with Gasteiger partial charge >= 0.3 is 6.09 Å². The molecule has 1 aromatic carbocycles. The third-order valence-electron chi connectivity index (χ3n) is 4.54. The van der Waals surface area contributed by atoms with Gasteiger partial charge in [-0.15, -0.1) is 0 Å². The van der Waals surface area contributed by atoms with E-state index in [1.807, 2.05) is 43.3 Å². The molecule has 7 heteroatoms. The zero-order valence-corrected chi connectivity index (χ0v) is 16.7. The molecule has 1 aromatic heterocycles. The second-order valence-electron chi connectivity index (χ2n) is 6.41. The van der Waals surface area contributed by atoms with Crippen LogP contribution in [0.15, 0.2) is 47.1 Å². The summed E-state index contributed by atoms with van der Waals surface area (Å²) < 4.78 is 6.11. The number of carbonyl (C=O) groups excluding carboxylic acids is 2. The van der Waals surface area contributed by atoms with E-state index in [0.717, 1.165) is 28.4 Å². The quantitative estimate of drug-likeness (QED) is 0.771. The van der Waals surface area contributed by atoms with Gasteiger partial charge in [-0.3, -0.25) is 9.69 Å². The lowest BCUT2D eigenvalue weighted by Gasteiger charge is -2.23. The van der Waals surface area contributed by atoms with Crippen LogP contribution in [0.1, 0.15) is 30.9 Å². The number of halogens is 1. The molecular weight excluding hydrogens is 410 g/mol. The molecule has 3 rings (SSSR count). The Balaban J connectivity index is 1.61. The van der Waals surface area contributed by atoms with Gasteiger partial charge in [0.1, 0.15) is 18.5 Å². The van der Waals surface area contributed by atoms with Crippen molar-refractivity contribution in [2.45, 2.75) is 38.8 Å².